The summed E-state index contributed by atoms with van der Waals surface area (Å²) in [5.41, 5.74) is -0.648. The van der Waals surface area contributed by atoms with E-state index in [4.69, 9.17) is 5.84 Å². The quantitative estimate of drug-likeness (QED) is 0.644. The van der Waals surface area contributed by atoms with Crippen molar-refractivity contribution in [2.45, 2.75) is 6.18 Å². The van der Waals surface area contributed by atoms with Crippen LogP contribution in [0.25, 0.3) is 16.7 Å². The standard InChI is InChI=1S/C8H5F3N3/c9-8(10,11)6-4-14(12)7-3-13-2-1-5(6)7/h1-4,12H/q-1. The number of nitrogens with zero attached hydrogens (tertiary/aromatic N) is 2. The molecule has 14 heavy (non-hydrogen) atoms. The van der Waals surface area contributed by atoms with Crippen LogP contribution in [0.2, 0.25) is 0 Å². The number of halogens is 3. The molecular formula is C8H5F3N3-. The molecule has 0 fully saturated rings. The molecule has 0 aliphatic rings. The monoisotopic (exact) mass is 200 g/mol. The fraction of sp³-hybridized carbons (Fsp3) is 0.125. The summed E-state index contributed by atoms with van der Waals surface area (Å²) < 4.78 is 37.9. The highest BCUT2D eigenvalue weighted by molar-refractivity contribution is 5.83. The molecule has 0 saturated carbocycles. The molecular weight excluding hydrogens is 195 g/mol. The second-order valence-electron chi connectivity index (χ2n) is 2.80. The van der Waals surface area contributed by atoms with Crippen LogP contribution in [0.4, 0.5) is 13.2 Å². The Morgan fingerprint density at radius 1 is 1.36 bits per heavy atom. The minimum Gasteiger partial charge on any atom is -0.631 e. The van der Waals surface area contributed by atoms with Crippen molar-refractivity contribution in [2.75, 3.05) is 0 Å². The Kier molecular flexibility index (Phi) is 1.67. The molecule has 2 heterocycles. The zero-order valence-corrected chi connectivity index (χ0v) is 6.84. The van der Waals surface area contributed by atoms with Gasteiger partial charge in [-0.25, -0.2) is 0 Å². The Hall–Kier alpha value is -1.72. The number of pyridine rings is 1. The molecule has 2 aromatic heterocycles. The molecule has 2 aromatic rings. The molecule has 0 atom stereocenters. The maximum atomic E-state index is 12.4. The third-order valence-corrected chi connectivity index (χ3v) is 1.91. The van der Waals surface area contributed by atoms with Crippen LogP contribution in [0.3, 0.4) is 0 Å². The number of alkyl halides is 3. The molecule has 74 valence electrons. The Morgan fingerprint density at radius 3 is 2.71 bits per heavy atom. The lowest BCUT2D eigenvalue weighted by Crippen LogP contribution is -2.03. The van der Waals surface area contributed by atoms with Crippen molar-refractivity contribution >= 4 is 10.9 Å². The summed E-state index contributed by atoms with van der Waals surface area (Å²) >= 11 is 0. The highest BCUT2D eigenvalue weighted by Gasteiger charge is 2.33. The van der Waals surface area contributed by atoms with E-state index in [1.807, 2.05) is 0 Å². The molecule has 0 aliphatic carbocycles. The van der Waals surface area contributed by atoms with Crippen LogP contribution >= 0.6 is 0 Å². The van der Waals surface area contributed by atoms with Crippen molar-refractivity contribution in [1.82, 2.24) is 9.66 Å². The fourth-order valence-electron chi connectivity index (χ4n) is 1.30. The Bertz CT molecular complexity index is 472. The first kappa shape index (κ1) is 8.86. The summed E-state index contributed by atoms with van der Waals surface area (Å²) in [5, 5.41) is 0.00231. The van der Waals surface area contributed by atoms with E-state index in [1.54, 1.807) is 0 Å². The lowest BCUT2D eigenvalue weighted by atomic mass is 10.2. The average Bonchev–Trinajstić information content (AvgIpc) is 2.44. The SMILES string of the molecule is [NH-]n1cc(C(F)(F)F)c2ccncc21. The van der Waals surface area contributed by atoms with Crippen LogP contribution in [-0.2, 0) is 6.18 Å². The van der Waals surface area contributed by atoms with Crippen molar-refractivity contribution in [1.29, 1.82) is 0 Å². The molecule has 2 rings (SSSR count). The third kappa shape index (κ3) is 1.19. The van der Waals surface area contributed by atoms with E-state index in [-0.39, 0.29) is 10.9 Å². The Morgan fingerprint density at radius 2 is 2.07 bits per heavy atom. The molecule has 3 nitrogen and oxygen atoms in total. The molecule has 1 N–H and O–H groups in total. The van der Waals surface area contributed by atoms with E-state index in [0.29, 0.717) is 4.68 Å². The number of hydrogen-bond acceptors (Lipinski definition) is 1. The number of aromatic nitrogens is 2. The van der Waals surface area contributed by atoms with E-state index in [2.05, 4.69) is 4.98 Å². The van der Waals surface area contributed by atoms with E-state index >= 15 is 0 Å². The van der Waals surface area contributed by atoms with Crippen molar-refractivity contribution in [3.8, 4) is 0 Å². The zero-order valence-electron chi connectivity index (χ0n) is 6.84. The summed E-state index contributed by atoms with van der Waals surface area (Å²) in [7, 11) is 0. The predicted octanol–water partition coefficient (Wildman–Crippen LogP) is 2.87. The summed E-state index contributed by atoms with van der Waals surface area (Å²) in [6, 6.07) is 1.25. The molecule has 0 aromatic carbocycles. The topological polar surface area (TPSA) is 41.6 Å². The van der Waals surface area contributed by atoms with Crippen LogP contribution in [0, 0.1) is 0 Å². The van der Waals surface area contributed by atoms with E-state index < -0.39 is 11.7 Å². The smallest absolute Gasteiger partial charge is 0.418 e. The lowest BCUT2D eigenvalue weighted by Gasteiger charge is -2.04. The van der Waals surface area contributed by atoms with Gasteiger partial charge in [0.2, 0.25) is 0 Å². The molecule has 0 bridgehead atoms. The van der Waals surface area contributed by atoms with Crippen LogP contribution in [-0.4, -0.2) is 9.66 Å². The molecule has 0 saturated heterocycles. The van der Waals surface area contributed by atoms with Gasteiger partial charge in [0.1, 0.15) is 0 Å². The van der Waals surface area contributed by atoms with Gasteiger partial charge in [-0.1, -0.05) is 0 Å². The first-order chi connectivity index (χ1) is 6.50. The van der Waals surface area contributed by atoms with Gasteiger partial charge in [-0.15, -0.1) is 0 Å². The van der Waals surface area contributed by atoms with Gasteiger partial charge < -0.3 is 10.5 Å². The normalized spacial score (nSPS) is 12.2. The van der Waals surface area contributed by atoms with Crippen molar-refractivity contribution in [3.63, 3.8) is 0 Å². The first-order valence-electron chi connectivity index (χ1n) is 3.74. The van der Waals surface area contributed by atoms with Gasteiger partial charge >= 0.3 is 6.18 Å². The molecule has 0 amide bonds. The maximum Gasteiger partial charge on any atom is 0.418 e. The van der Waals surface area contributed by atoms with E-state index in [0.717, 1.165) is 6.20 Å². The van der Waals surface area contributed by atoms with Crippen molar-refractivity contribution < 1.29 is 13.2 Å². The minimum atomic E-state index is -4.42. The molecule has 0 radical (unpaired) electrons. The van der Waals surface area contributed by atoms with Crippen LogP contribution in [0.5, 0.6) is 0 Å². The highest BCUT2D eigenvalue weighted by atomic mass is 19.4. The van der Waals surface area contributed by atoms with Gasteiger partial charge in [0.05, 0.1) is 11.1 Å². The zero-order chi connectivity index (χ0) is 10.3. The number of hydrogen-bond donors (Lipinski definition) is 0. The van der Waals surface area contributed by atoms with Gasteiger partial charge in [0.15, 0.2) is 0 Å². The number of nitrogens with one attached hydrogen (secondary N) is 1. The molecule has 0 aliphatic heterocycles. The molecule has 0 spiro atoms. The highest BCUT2D eigenvalue weighted by Crippen LogP contribution is 2.35. The maximum absolute atomic E-state index is 12.4. The summed E-state index contributed by atoms with van der Waals surface area (Å²) in [4.78, 5) is 3.66. The minimum absolute atomic E-state index is 0.00231. The van der Waals surface area contributed by atoms with Crippen LogP contribution in [0.15, 0.2) is 24.7 Å². The largest absolute Gasteiger partial charge is 0.631 e. The number of fused-ring (bicyclic) bond motifs is 1. The molecule has 6 heteroatoms. The van der Waals surface area contributed by atoms with E-state index in [1.165, 1.54) is 18.5 Å². The fourth-order valence-corrected chi connectivity index (χ4v) is 1.30. The van der Waals surface area contributed by atoms with Crippen molar-refractivity contribution in [2.24, 2.45) is 0 Å². The second-order valence-corrected chi connectivity index (χ2v) is 2.80. The molecule has 0 unspecified atom stereocenters. The second kappa shape index (κ2) is 2.63. The van der Waals surface area contributed by atoms with E-state index in [9.17, 15) is 13.2 Å². The predicted molar refractivity (Wildman–Crippen MR) is 44.5 cm³/mol. The first-order valence-corrected chi connectivity index (χ1v) is 3.74. The van der Waals surface area contributed by atoms with Gasteiger partial charge in [-0.3, -0.25) is 4.98 Å². The summed E-state index contributed by atoms with van der Waals surface area (Å²) in [6.45, 7) is 0. The van der Waals surface area contributed by atoms with Gasteiger partial charge in [-0.05, 0) is 6.07 Å². The lowest BCUT2D eigenvalue weighted by molar-refractivity contribution is -0.136. The van der Waals surface area contributed by atoms with Crippen LogP contribution in [0.1, 0.15) is 5.56 Å². The Labute approximate surface area is 76.9 Å². The third-order valence-electron chi connectivity index (χ3n) is 1.91. The van der Waals surface area contributed by atoms with Crippen molar-refractivity contribution in [3.05, 3.63) is 36.1 Å². The summed E-state index contributed by atoms with van der Waals surface area (Å²) in [6.07, 6.45) is -1.17. The number of rotatable bonds is 0. The van der Waals surface area contributed by atoms with Gasteiger partial charge in [-0.2, -0.15) is 13.2 Å². The van der Waals surface area contributed by atoms with Gasteiger partial charge in [0, 0.05) is 24.0 Å². The Balaban J connectivity index is 2.80. The average molecular weight is 200 g/mol. The van der Waals surface area contributed by atoms with Gasteiger partial charge in [0.25, 0.3) is 0 Å². The summed E-state index contributed by atoms with van der Waals surface area (Å²) in [5.74, 6) is 7.24. The van der Waals surface area contributed by atoms with Crippen LogP contribution < -0.4 is 0 Å².